The average molecular weight is 360 g/mol. The van der Waals surface area contributed by atoms with Gasteiger partial charge in [-0.1, -0.05) is 18.6 Å². The monoisotopic (exact) mass is 360 g/mol. The molecule has 1 aromatic carbocycles. The van der Waals surface area contributed by atoms with Crippen LogP contribution in [0, 0.1) is 12.5 Å². The Morgan fingerprint density at radius 1 is 1.22 bits per heavy atom. The van der Waals surface area contributed by atoms with Crippen LogP contribution in [0.4, 0.5) is 5.82 Å². The van der Waals surface area contributed by atoms with Gasteiger partial charge in [0.1, 0.15) is 22.5 Å². The van der Waals surface area contributed by atoms with Crippen molar-refractivity contribution >= 4 is 28.3 Å². The molecule has 3 unspecified atom stereocenters. The maximum atomic E-state index is 12.6. The lowest BCUT2D eigenvalue weighted by molar-refractivity contribution is -0.122. The summed E-state index contributed by atoms with van der Waals surface area (Å²) in [6, 6.07) is 5.04. The Kier molecular flexibility index (Phi) is 3.60. The van der Waals surface area contributed by atoms with E-state index in [4.69, 9.17) is 11.2 Å². The van der Waals surface area contributed by atoms with Crippen LogP contribution in [0.1, 0.15) is 42.7 Å². The summed E-state index contributed by atoms with van der Waals surface area (Å²) in [5, 5.41) is 15.0. The molecule has 2 aliphatic rings. The fourth-order valence-corrected chi connectivity index (χ4v) is 4.28. The predicted octanol–water partition coefficient (Wildman–Crippen LogP) is 3.21. The van der Waals surface area contributed by atoms with Crippen LogP contribution in [0.5, 0.6) is 0 Å². The van der Waals surface area contributed by atoms with Crippen molar-refractivity contribution in [3.63, 3.8) is 0 Å². The zero-order chi connectivity index (χ0) is 18.4. The van der Waals surface area contributed by atoms with Crippen molar-refractivity contribution in [2.45, 2.75) is 37.6 Å². The number of hydrogen-bond acceptors (Lipinski definition) is 6. The Morgan fingerprint density at radius 2 is 2.15 bits per heavy atom. The molecule has 1 aliphatic carbocycles. The maximum Gasteiger partial charge on any atom is 0.273 e. The number of fused-ring (bicyclic) bond motifs is 2. The second-order valence-electron chi connectivity index (χ2n) is 7.01. The lowest BCUT2D eigenvalue weighted by atomic mass is 9.74. The van der Waals surface area contributed by atoms with E-state index in [-0.39, 0.29) is 17.6 Å². The van der Waals surface area contributed by atoms with E-state index in [9.17, 15) is 4.79 Å². The molecule has 5 rings (SSSR count). The number of aromatic nitrogens is 4. The van der Waals surface area contributed by atoms with Gasteiger partial charge in [-0.15, -0.1) is 0 Å². The topological polar surface area (TPSA) is 101 Å². The zero-order valence-electron chi connectivity index (χ0n) is 14.4. The van der Waals surface area contributed by atoms with Gasteiger partial charge in [0.05, 0.1) is 18.0 Å². The molecule has 0 spiro atoms. The molecule has 1 N–H and O–H groups in total. The van der Waals surface area contributed by atoms with E-state index in [0.717, 1.165) is 30.4 Å². The molecule has 0 amide bonds. The number of carbonyl (C=O) groups excluding carboxylic acids is 1. The smallest absolute Gasteiger partial charge is 0.273 e. The first-order chi connectivity index (χ1) is 13.3. The molecule has 3 aromatic rings. The second-order valence-corrected chi connectivity index (χ2v) is 7.01. The van der Waals surface area contributed by atoms with Crippen molar-refractivity contribution < 1.29 is 9.42 Å². The van der Waals surface area contributed by atoms with E-state index in [1.165, 1.54) is 0 Å². The molecule has 2 aromatic heterocycles. The maximum absolute atomic E-state index is 12.6. The Hall–Kier alpha value is -3.34. The van der Waals surface area contributed by atoms with E-state index in [2.05, 4.69) is 30.3 Å². The Morgan fingerprint density at radius 3 is 3.00 bits per heavy atom. The van der Waals surface area contributed by atoms with Gasteiger partial charge in [-0.3, -0.25) is 9.89 Å². The summed E-state index contributed by atoms with van der Waals surface area (Å²) in [5.41, 5.74) is 3.58. The Bertz CT molecular complexity index is 1100. The number of hydrogen-bond donors (Lipinski definition) is 1. The third-order valence-corrected chi connectivity index (χ3v) is 5.55. The first kappa shape index (κ1) is 15.9. The highest BCUT2D eigenvalue weighted by Crippen LogP contribution is 2.43. The fourth-order valence-electron chi connectivity index (χ4n) is 4.28. The number of rotatable bonds is 2. The third-order valence-electron chi connectivity index (χ3n) is 5.55. The highest BCUT2D eigenvalue weighted by molar-refractivity contribution is 6.11. The van der Waals surface area contributed by atoms with Crippen LogP contribution < -0.4 is 0 Å². The van der Waals surface area contributed by atoms with Crippen molar-refractivity contribution in [3.8, 4) is 0 Å². The van der Waals surface area contributed by atoms with Crippen LogP contribution in [-0.2, 0) is 4.79 Å². The molecular weight excluding hydrogens is 344 g/mol. The van der Waals surface area contributed by atoms with Crippen molar-refractivity contribution in [2.24, 2.45) is 10.9 Å². The number of aromatic amines is 1. The molecule has 0 bridgehead atoms. The molecule has 134 valence electrons. The number of nitrogens with zero attached hydrogens (tertiary/aromatic N) is 5. The van der Waals surface area contributed by atoms with Gasteiger partial charge < -0.3 is 4.85 Å². The summed E-state index contributed by atoms with van der Waals surface area (Å²) in [4.78, 5) is 21.2. The van der Waals surface area contributed by atoms with Crippen LogP contribution >= 0.6 is 0 Å². The Balaban J connectivity index is 1.70. The largest absolute Gasteiger partial charge is 0.306 e. The van der Waals surface area contributed by atoms with Gasteiger partial charge in [-0.2, -0.15) is 5.10 Å². The minimum atomic E-state index is -0.579. The number of H-pyrrole nitrogens is 1. The molecule has 1 saturated carbocycles. The summed E-state index contributed by atoms with van der Waals surface area (Å²) >= 11 is 0. The van der Waals surface area contributed by atoms with E-state index in [0.29, 0.717) is 29.0 Å². The van der Waals surface area contributed by atoms with E-state index < -0.39 is 6.04 Å². The van der Waals surface area contributed by atoms with Gasteiger partial charge in [0.2, 0.25) is 0 Å². The van der Waals surface area contributed by atoms with Crippen molar-refractivity contribution in [2.75, 3.05) is 0 Å². The number of nitrogens with one attached hydrogen (secondary N) is 1. The van der Waals surface area contributed by atoms with Crippen LogP contribution in [0.2, 0.25) is 0 Å². The van der Waals surface area contributed by atoms with Crippen molar-refractivity contribution in [3.05, 3.63) is 46.9 Å². The molecule has 8 heteroatoms. The fraction of sp³-hybridized carbons (Fsp3) is 0.368. The number of carbonyl (C=O) groups is 1. The van der Waals surface area contributed by atoms with Crippen LogP contribution in [0.25, 0.3) is 15.9 Å². The predicted molar refractivity (Wildman–Crippen MR) is 96.7 cm³/mol. The van der Waals surface area contributed by atoms with Gasteiger partial charge in [-0.05, 0) is 34.8 Å². The standard InChI is InChI=1S/C19H16N6O2/c1-20-18-15(11-6-4-7-13-16(11)25-27-24-13)12-9-21-23-19(12)22-17(18)10-5-2-3-8-14(10)26/h4,6-7,9-10,15,18H,2-3,5,8H2,(H,21,23). The number of benzene rings is 1. The number of ketones is 1. The minimum absolute atomic E-state index is 0.177. The van der Waals surface area contributed by atoms with Crippen LogP contribution in [0.15, 0.2) is 34.0 Å². The van der Waals surface area contributed by atoms with Crippen LogP contribution in [0.3, 0.4) is 0 Å². The van der Waals surface area contributed by atoms with Crippen molar-refractivity contribution in [1.82, 2.24) is 20.5 Å². The molecule has 8 nitrogen and oxygen atoms in total. The normalized spacial score (nSPS) is 25.1. The lowest BCUT2D eigenvalue weighted by Crippen LogP contribution is -2.38. The number of Topliss-reactive ketones (excluding diaryl/α,β-unsaturated/α-hetero) is 1. The molecule has 3 atom stereocenters. The quantitative estimate of drug-likeness (QED) is 0.707. The Labute approximate surface area is 154 Å². The van der Waals surface area contributed by atoms with Gasteiger partial charge in [-0.25, -0.2) is 16.2 Å². The van der Waals surface area contributed by atoms with Crippen molar-refractivity contribution in [1.29, 1.82) is 0 Å². The molecule has 27 heavy (non-hydrogen) atoms. The highest BCUT2D eigenvalue weighted by Gasteiger charge is 2.46. The molecule has 1 aliphatic heterocycles. The molecule has 0 saturated heterocycles. The molecular formula is C19H16N6O2. The van der Waals surface area contributed by atoms with E-state index in [1.54, 1.807) is 6.20 Å². The summed E-state index contributed by atoms with van der Waals surface area (Å²) in [6.45, 7) is 7.90. The average Bonchev–Trinajstić information content (AvgIpc) is 3.35. The summed E-state index contributed by atoms with van der Waals surface area (Å²) in [5.74, 6) is 0.166. The van der Waals surface area contributed by atoms with Crippen LogP contribution in [-0.4, -0.2) is 38.0 Å². The third kappa shape index (κ3) is 2.39. The molecule has 0 radical (unpaired) electrons. The molecule has 1 fully saturated rings. The lowest BCUT2D eigenvalue weighted by Gasteiger charge is -2.29. The van der Waals surface area contributed by atoms with E-state index in [1.807, 2.05) is 18.2 Å². The second kappa shape index (κ2) is 6.13. The highest BCUT2D eigenvalue weighted by atomic mass is 16.6. The van der Waals surface area contributed by atoms with Gasteiger partial charge in [0.25, 0.3) is 6.04 Å². The van der Waals surface area contributed by atoms with Gasteiger partial charge in [0.15, 0.2) is 5.82 Å². The van der Waals surface area contributed by atoms with E-state index >= 15 is 0 Å². The summed E-state index contributed by atoms with van der Waals surface area (Å²) in [6.07, 6.45) is 4.89. The summed E-state index contributed by atoms with van der Waals surface area (Å²) in [7, 11) is 0. The number of aliphatic imine (C=N–C) groups is 1. The SMILES string of the molecule is [C-]#[N+]C1C(C2CCCCC2=O)=Nc2[nH]ncc2C1c1cccc2nonc12. The van der Waals surface area contributed by atoms with Gasteiger partial charge >= 0.3 is 0 Å². The zero-order valence-corrected chi connectivity index (χ0v) is 14.4. The molecule has 3 heterocycles. The van der Waals surface area contributed by atoms with Gasteiger partial charge in [0, 0.05) is 12.0 Å². The minimum Gasteiger partial charge on any atom is -0.306 e. The first-order valence-electron chi connectivity index (χ1n) is 9.00. The summed E-state index contributed by atoms with van der Waals surface area (Å²) < 4.78 is 4.91. The first-order valence-corrected chi connectivity index (χ1v) is 9.00.